The Morgan fingerprint density at radius 3 is 2.77 bits per heavy atom. The van der Waals surface area contributed by atoms with Gasteiger partial charge in [0.1, 0.15) is 5.82 Å². The molecule has 6 nitrogen and oxygen atoms in total. The number of aromatic nitrogens is 3. The second-order valence-electron chi connectivity index (χ2n) is 7.68. The van der Waals surface area contributed by atoms with Crippen molar-refractivity contribution >= 4 is 11.6 Å². The van der Waals surface area contributed by atoms with Gasteiger partial charge in [-0.1, -0.05) is 13.0 Å². The fourth-order valence-corrected chi connectivity index (χ4v) is 4.52. The summed E-state index contributed by atoms with van der Waals surface area (Å²) in [4.78, 5) is 17.2. The number of amides is 1. The van der Waals surface area contributed by atoms with Crippen LogP contribution in [0.1, 0.15) is 57.2 Å². The van der Waals surface area contributed by atoms with E-state index in [1.165, 1.54) is 12.8 Å². The van der Waals surface area contributed by atoms with Gasteiger partial charge in [0, 0.05) is 24.7 Å². The first-order chi connectivity index (χ1) is 12.8. The van der Waals surface area contributed by atoms with Crippen LogP contribution < -0.4 is 0 Å². The Hall–Kier alpha value is -1.95. The van der Waals surface area contributed by atoms with E-state index in [2.05, 4.69) is 31.3 Å². The topological polar surface area (TPSA) is 53.7 Å². The van der Waals surface area contributed by atoms with Crippen LogP contribution in [0.2, 0.25) is 0 Å². The number of hydrogen-bond acceptors (Lipinski definition) is 4. The second kappa shape index (κ2) is 7.74. The molecule has 26 heavy (non-hydrogen) atoms. The molecule has 0 N–H and O–H groups in total. The summed E-state index contributed by atoms with van der Waals surface area (Å²) >= 11 is 0. The van der Waals surface area contributed by atoms with Crippen LogP contribution in [0.5, 0.6) is 0 Å². The molecule has 4 heterocycles. The standard InChI is InChI=1S/C20H29N5O/c1-2-17-7-3-5-11-24(17)19(26)15-23-13-9-16(10-14-23)20-22-21-18-8-4-6-12-25(18)20/h4,6,8,12,16-17H,2-3,5,7,9-11,13-15H2,1H3. The Morgan fingerprint density at radius 1 is 1.12 bits per heavy atom. The number of nitrogens with zero attached hydrogens (tertiary/aromatic N) is 5. The van der Waals surface area contributed by atoms with Gasteiger partial charge in [-0.25, -0.2) is 0 Å². The number of carbonyl (C=O) groups is 1. The van der Waals surface area contributed by atoms with Crippen molar-refractivity contribution < 1.29 is 4.79 Å². The first-order valence-electron chi connectivity index (χ1n) is 10.1. The molecule has 2 aliphatic heterocycles. The van der Waals surface area contributed by atoms with Crippen LogP contribution >= 0.6 is 0 Å². The molecule has 140 valence electrons. The minimum absolute atomic E-state index is 0.322. The smallest absolute Gasteiger partial charge is 0.236 e. The molecule has 0 saturated carbocycles. The van der Waals surface area contributed by atoms with E-state index in [0.717, 1.165) is 56.8 Å². The van der Waals surface area contributed by atoms with Crippen molar-refractivity contribution in [2.45, 2.75) is 57.4 Å². The second-order valence-corrected chi connectivity index (χ2v) is 7.68. The van der Waals surface area contributed by atoms with Gasteiger partial charge in [0.05, 0.1) is 6.54 Å². The summed E-state index contributed by atoms with van der Waals surface area (Å²) in [5.74, 6) is 1.81. The van der Waals surface area contributed by atoms with Crippen molar-refractivity contribution in [1.82, 2.24) is 24.4 Å². The summed E-state index contributed by atoms with van der Waals surface area (Å²) in [6.45, 7) is 5.64. The summed E-state index contributed by atoms with van der Waals surface area (Å²) < 4.78 is 2.10. The van der Waals surface area contributed by atoms with Crippen molar-refractivity contribution in [1.29, 1.82) is 0 Å². The molecule has 0 aliphatic carbocycles. The van der Waals surface area contributed by atoms with Crippen LogP contribution in [-0.4, -0.2) is 62.5 Å². The van der Waals surface area contributed by atoms with E-state index in [0.29, 0.717) is 24.4 Å². The van der Waals surface area contributed by atoms with Crippen molar-refractivity contribution in [2.24, 2.45) is 0 Å². The molecule has 0 aromatic carbocycles. The van der Waals surface area contributed by atoms with Crippen LogP contribution in [0.25, 0.3) is 5.65 Å². The molecule has 0 bridgehead atoms. The summed E-state index contributed by atoms with van der Waals surface area (Å²) in [5, 5.41) is 8.70. The summed E-state index contributed by atoms with van der Waals surface area (Å²) in [5.41, 5.74) is 0.913. The molecule has 0 spiro atoms. The van der Waals surface area contributed by atoms with E-state index >= 15 is 0 Å². The van der Waals surface area contributed by atoms with E-state index in [4.69, 9.17) is 0 Å². The molecule has 2 saturated heterocycles. The van der Waals surface area contributed by atoms with Gasteiger partial charge in [-0.3, -0.25) is 14.1 Å². The maximum absolute atomic E-state index is 12.8. The number of piperidine rings is 2. The molecule has 1 amide bonds. The van der Waals surface area contributed by atoms with Gasteiger partial charge in [-0.15, -0.1) is 10.2 Å². The summed E-state index contributed by atoms with van der Waals surface area (Å²) in [6.07, 6.45) is 8.80. The Morgan fingerprint density at radius 2 is 1.96 bits per heavy atom. The quantitative estimate of drug-likeness (QED) is 0.846. The van der Waals surface area contributed by atoms with Gasteiger partial charge in [0.2, 0.25) is 5.91 Å². The monoisotopic (exact) mass is 355 g/mol. The van der Waals surface area contributed by atoms with Crippen molar-refractivity contribution in [2.75, 3.05) is 26.2 Å². The first-order valence-corrected chi connectivity index (χ1v) is 10.1. The van der Waals surface area contributed by atoms with Crippen molar-refractivity contribution in [3.05, 3.63) is 30.2 Å². The van der Waals surface area contributed by atoms with Crippen molar-refractivity contribution in [3.8, 4) is 0 Å². The fourth-order valence-electron chi connectivity index (χ4n) is 4.52. The average Bonchev–Trinajstić information content (AvgIpc) is 3.12. The van der Waals surface area contributed by atoms with Crippen LogP contribution in [0.15, 0.2) is 24.4 Å². The van der Waals surface area contributed by atoms with Crippen LogP contribution in [0.4, 0.5) is 0 Å². The van der Waals surface area contributed by atoms with E-state index in [1.807, 2.05) is 24.4 Å². The molecule has 4 rings (SSSR count). The lowest BCUT2D eigenvalue weighted by Crippen LogP contribution is -2.49. The highest BCUT2D eigenvalue weighted by Crippen LogP contribution is 2.27. The zero-order valence-corrected chi connectivity index (χ0v) is 15.7. The number of pyridine rings is 1. The average molecular weight is 355 g/mol. The van der Waals surface area contributed by atoms with E-state index in [9.17, 15) is 4.79 Å². The Balaban J connectivity index is 1.34. The third-order valence-corrected chi connectivity index (χ3v) is 6.07. The van der Waals surface area contributed by atoms with E-state index in [-0.39, 0.29) is 0 Å². The number of carbonyl (C=O) groups excluding carboxylic acids is 1. The van der Waals surface area contributed by atoms with Gasteiger partial charge in [0.25, 0.3) is 0 Å². The number of likely N-dealkylation sites (tertiary alicyclic amines) is 2. The normalized spacial score (nSPS) is 22.8. The molecule has 1 unspecified atom stereocenters. The molecule has 1 atom stereocenters. The molecule has 6 heteroatoms. The first kappa shape index (κ1) is 17.5. The van der Waals surface area contributed by atoms with E-state index < -0.39 is 0 Å². The van der Waals surface area contributed by atoms with Gasteiger partial charge in [0.15, 0.2) is 5.65 Å². The Labute approximate surface area is 155 Å². The molecule has 2 aliphatic rings. The zero-order valence-electron chi connectivity index (χ0n) is 15.7. The van der Waals surface area contributed by atoms with Crippen LogP contribution in [-0.2, 0) is 4.79 Å². The minimum atomic E-state index is 0.322. The molecule has 2 aromatic rings. The molecule has 2 aromatic heterocycles. The van der Waals surface area contributed by atoms with Gasteiger partial charge < -0.3 is 4.90 Å². The highest BCUT2D eigenvalue weighted by Gasteiger charge is 2.29. The molecular formula is C20H29N5O. The summed E-state index contributed by atoms with van der Waals surface area (Å²) in [6, 6.07) is 6.46. The predicted molar refractivity (Wildman–Crippen MR) is 101 cm³/mol. The van der Waals surface area contributed by atoms with Gasteiger partial charge in [-0.2, -0.15) is 0 Å². The van der Waals surface area contributed by atoms with Crippen molar-refractivity contribution in [3.63, 3.8) is 0 Å². The van der Waals surface area contributed by atoms with Gasteiger partial charge in [-0.05, 0) is 63.7 Å². The zero-order chi connectivity index (χ0) is 17.9. The number of fused-ring (bicyclic) bond motifs is 1. The predicted octanol–water partition coefficient (Wildman–Crippen LogP) is 2.70. The van der Waals surface area contributed by atoms with E-state index in [1.54, 1.807) is 0 Å². The highest BCUT2D eigenvalue weighted by molar-refractivity contribution is 5.78. The SMILES string of the molecule is CCC1CCCCN1C(=O)CN1CCC(c2nnc3ccccn23)CC1. The van der Waals surface area contributed by atoms with Gasteiger partial charge >= 0.3 is 0 Å². The maximum atomic E-state index is 12.8. The minimum Gasteiger partial charge on any atom is -0.339 e. The third-order valence-electron chi connectivity index (χ3n) is 6.07. The lowest BCUT2D eigenvalue weighted by molar-refractivity contribution is -0.136. The summed E-state index contributed by atoms with van der Waals surface area (Å²) in [7, 11) is 0. The Kier molecular flexibility index (Phi) is 5.20. The number of hydrogen-bond donors (Lipinski definition) is 0. The maximum Gasteiger partial charge on any atom is 0.236 e. The molecule has 0 radical (unpaired) electrons. The number of rotatable bonds is 4. The largest absolute Gasteiger partial charge is 0.339 e. The van der Waals surface area contributed by atoms with Crippen LogP contribution in [0, 0.1) is 0 Å². The highest BCUT2D eigenvalue weighted by atomic mass is 16.2. The molecule has 2 fully saturated rings. The van der Waals surface area contributed by atoms with Crippen LogP contribution in [0.3, 0.4) is 0 Å². The third kappa shape index (κ3) is 3.47. The Bertz CT molecular complexity index is 749. The lowest BCUT2D eigenvalue weighted by atomic mass is 9.95. The lowest BCUT2D eigenvalue weighted by Gasteiger charge is -2.38. The molecular weight excluding hydrogens is 326 g/mol. The fraction of sp³-hybridized carbons (Fsp3) is 0.650.